The number of halogens is 1. The lowest BCUT2D eigenvalue weighted by molar-refractivity contribution is -0.162. The van der Waals surface area contributed by atoms with Crippen LogP contribution in [-0.4, -0.2) is 17.4 Å². The minimum Gasteiger partial charge on any atom is -0.593 e. The van der Waals surface area contributed by atoms with Crippen LogP contribution in [0.25, 0.3) is 0 Å². The van der Waals surface area contributed by atoms with Crippen molar-refractivity contribution in [2.24, 2.45) is 4.74 Å². The number of carbonyl (C=O) groups is 1. The third-order valence-corrected chi connectivity index (χ3v) is 3.30. The largest absolute Gasteiger partial charge is 0.593 e. The fourth-order valence-electron chi connectivity index (χ4n) is 0.964. The second-order valence-electron chi connectivity index (χ2n) is 2.88. The van der Waals surface area contributed by atoms with Gasteiger partial charge in [0.1, 0.15) is 6.67 Å². The highest BCUT2D eigenvalue weighted by molar-refractivity contribution is 9.10. The average Bonchev–Trinajstić information content (AvgIpc) is 3.00. The Hall–Kier alpha value is -0.650. The molecule has 1 fully saturated rings. The Morgan fingerprint density at radius 2 is 2.40 bits per heavy atom. The van der Waals surface area contributed by atoms with Crippen molar-refractivity contribution in [2.75, 3.05) is 6.67 Å². The Bertz CT molecular complexity index is 434. The van der Waals surface area contributed by atoms with Gasteiger partial charge in [0.05, 0.1) is 0 Å². The summed E-state index contributed by atoms with van der Waals surface area (Å²) in [5.41, 5.74) is 3.12. The van der Waals surface area contributed by atoms with Crippen LogP contribution in [0.1, 0.15) is 10.4 Å². The van der Waals surface area contributed by atoms with Gasteiger partial charge in [0.25, 0.3) is 8.09 Å². The highest BCUT2D eigenvalue weighted by Crippen LogP contribution is 2.25. The van der Waals surface area contributed by atoms with Gasteiger partial charge < -0.3 is 4.89 Å². The third-order valence-electron chi connectivity index (χ3n) is 1.75. The summed E-state index contributed by atoms with van der Waals surface area (Å²) in [5.74, 6) is -0.467. The molecule has 0 aliphatic carbocycles. The molecule has 2 rings (SSSR count). The van der Waals surface area contributed by atoms with Gasteiger partial charge in [-0.1, -0.05) is 22.0 Å². The number of hydrogen-bond acceptors (Lipinski definition) is 3. The second-order valence-corrected chi connectivity index (χ2v) is 4.99. The number of hydrazine groups is 1. The van der Waals surface area contributed by atoms with Gasteiger partial charge in [-0.25, -0.2) is 0 Å². The van der Waals surface area contributed by atoms with Crippen molar-refractivity contribution in [1.82, 2.24) is 10.2 Å². The number of nitrogens with one attached hydrogen (secondary N) is 1. The van der Waals surface area contributed by atoms with E-state index in [4.69, 9.17) is 0 Å². The molecule has 0 saturated carbocycles. The molecule has 15 heavy (non-hydrogen) atoms. The lowest BCUT2D eigenvalue weighted by Gasteiger charge is -1.95. The van der Waals surface area contributed by atoms with Gasteiger partial charge in [0, 0.05) is 10.0 Å². The molecular weight excluding hydrogens is 281 g/mol. The van der Waals surface area contributed by atoms with Crippen LogP contribution in [0.3, 0.4) is 0 Å². The van der Waals surface area contributed by atoms with Crippen LogP contribution in [0.5, 0.6) is 0 Å². The van der Waals surface area contributed by atoms with E-state index < -0.39 is 14.0 Å². The van der Waals surface area contributed by atoms with Gasteiger partial charge >= 0.3 is 5.91 Å². The van der Waals surface area contributed by atoms with E-state index in [-0.39, 0.29) is 0 Å². The maximum Gasteiger partial charge on any atom is 0.319 e. The first-order chi connectivity index (χ1) is 7.16. The molecular formula is C8H7BrN3O2P. The van der Waals surface area contributed by atoms with Crippen LogP contribution in [0, 0.1) is 0 Å². The highest BCUT2D eigenvalue weighted by atomic mass is 79.9. The van der Waals surface area contributed by atoms with E-state index in [9.17, 15) is 9.69 Å². The molecule has 0 aromatic heterocycles. The molecule has 78 valence electrons. The highest BCUT2D eigenvalue weighted by Gasteiger charge is 2.28. The minimum absolute atomic E-state index is 0.426. The van der Waals surface area contributed by atoms with Crippen molar-refractivity contribution in [3.05, 3.63) is 34.3 Å². The van der Waals surface area contributed by atoms with Crippen molar-refractivity contribution >= 4 is 29.9 Å². The van der Waals surface area contributed by atoms with Crippen LogP contribution < -0.4 is 10.3 Å². The van der Waals surface area contributed by atoms with Crippen molar-refractivity contribution in [3.8, 4) is 0 Å². The van der Waals surface area contributed by atoms with E-state index in [1.54, 1.807) is 18.2 Å². The van der Waals surface area contributed by atoms with E-state index in [1.807, 2.05) is 6.07 Å². The summed E-state index contributed by atoms with van der Waals surface area (Å²) in [6.45, 7) is 0.518. The SMILES string of the molecule is O=C(N=[P+]([O-])N1CN1)c1cccc(Br)c1. The Labute approximate surface area is 95.8 Å². The summed E-state index contributed by atoms with van der Waals surface area (Å²) in [7, 11) is -1.97. The summed E-state index contributed by atoms with van der Waals surface area (Å²) in [4.78, 5) is 22.8. The summed E-state index contributed by atoms with van der Waals surface area (Å²) in [5, 5.41) is 0. The summed E-state index contributed by atoms with van der Waals surface area (Å²) < 4.78 is 5.75. The Kier molecular flexibility index (Phi) is 3.23. The van der Waals surface area contributed by atoms with E-state index in [0.717, 1.165) is 4.47 Å². The zero-order valence-corrected chi connectivity index (χ0v) is 10.0. The van der Waals surface area contributed by atoms with E-state index in [2.05, 4.69) is 26.1 Å². The van der Waals surface area contributed by atoms with Crippen LogP contribution in [0.15, 0.2) is 33.5 Å². The van der Waals surface area contributed by atoms with Gasteiger partial charge in [0.2, 0.25) is 0 Å². The van der Waals surface area contributed by atoms with Gasteiger partial charge in [-0.05, 0) is 27.7 Å². The van der Waals surface area contributed by atoms with Crippen LogP contribution >= 0.6 is 24.0 Å². The maximum atomic E-state index is 11.5. The Balaban J connectivity index is 2.17. The zero-order valence-electron chi connectivity index (χ0n) is 7.55. The second kappa shape index (κ2) is 4.47. The predicted molar refractivity (Wildman–Crippen MR) is 57.7 cm³/mol. The molecule has 1 N–H and O–H groups in total. The zero-order chi connectivity index (χ0) is 10.8. The summed E-state index contributed by atoms with van der Waals surface area (Å²) >= 11 is 3.25. The number of rotatable bonds is 2. The first-order valence-corrected chi connectivity index (χ1v) is 6.12. The molecule has 0 bridgehead atoms. The molecule has 2 atom stereocenters. The molecule has 5 nitrogen and oxygen atoms in total. The molecule has 1 aliphatic rings. The minimum atomic E-state index is -1.97. The molecule has 1 aromatic rings. The molecule has 1 aliphatic heterocycles. The molecule has 7 heteroatoms. The molecule has 1 amide bonds. The van der Waals surface area contributed by atoms with Crippen molar-refractivity contribution in [2.45, 2.75) is 0 Å². The van der Waals surface area contributed by atoms with Crippen molar-refractivity contribution < 1.29 is 9.69 Å². The molecule has 0 radical (unpaired) electrons. The molecule has 0 spiro atoms. The molecule has 1 aromatic carbocycles. The third kappa shape index (κ3) is 2.90. The van der Waals surface area contributed by atoms with E-state index >= 15 is 0 Å². The van der Waals surface area contributed by atoms with Gasteiger partial charge in [0.15, 0.2) is 0 Å². The molecule has 1 heterocycles. The average molecular weight is 288 g/mol. The van der Waals surface area contributed by atoms with Crippen LogP contribution in [0.4, 0.5) is 0 Å². The molecule has 1 saturated heterocycles. The quantitative estimate of drug-likeness (QED) is 0.655. The topological polar surface area (TPSA) is 77.4 Å². The number of amides is 1. The van der Waals surface area contributed by atoms with E-state index in [0.29, 0.717) is 12.2 Å². The normalized spacial score (nSPS) is 20.1. The summed E-state index contributed by atoms with van der Waals surface area (Å²) in [6, 6.07) is 6.82. The van der Waals surface area contributed by atoms with Crippen molar-refractivity contribution in [1.29, 1.82) is 0 Å². The van der Waals surface area contributed by atoms with E-state index in [1.165, 1.54) is 4.78 Å². The first-order valence-electron chi connectivity index (χ1n) is 4.16. The lowest BCUT2D eigenvalue weighted by Crippen LogP contribution is -2.02. The number of nitrogens with zero attached hydrogens (tertiary/aromatic N) is 2. The van der Waals surface area contributed by atoms with Crippen LogP contribution in [-0.2, 0) is 0 Å². The monoisotopic (exact) mass is 287 g/mol. The Morgan fingerprint density at radius 1 is 1.67 bits per heavy atom. The standard InChI is InChI=1S/C8H7BrN3O2P/c9-7-3-1-2-6(4-7)8(13)11-15(14)12-5-10-12/h1-4,10H,5H2. The van der Waals surface area contributed by atoms with Crippen molar-refractivity contribution in [3.63, 3.8) is 0 Å². The fraction of sp³-hybridized carbons (Fsp3) is 0.125. The maximum absolute atomic E-state index is 11.5. The lowest BCUT2D eigenvalue weighted by atomic mass is 10.2. The number of carbonyl (C=O) groups excluding carboxylic acids is 1. The first kappa shape index (κ1) is 10.9. The van der Waals surface area contributed by atoms with Gasteiger partial charge in [-0.2, -0.15) is 5.43 Å². The van der Waals surface area contributed by atoms with Crippen LogP contribution in [0.2, 0.25) is 0 Å². The number of hydrogen-bond donors (Lipinski definition) is 1. The van der Waals surface area contributed by atoms with Gasteiger partial charge in [-0.3, -0.25) is 4.79 Å². The summed E-state index contributed by atoms with van der Waals surface area (Å²) in [6.07, 6.45) is 0. The smallest absolute Gasteiger partial charge is 0.319 e. The Morgan fingerprint density at radius 3 is 3.00 bits per heavy atom. The fourth-order valence-corrected chi connectivity index (χ4v) is 2.05. The number of benzene rings is 1. The molecule has 2 unspecified atom stereocenters. The predicted octanol–water partition coefficient (Wildman–Crippen LogP) is 1.22. The van der Waals surface area contributed by atoms with Gasteiger partial charge in [-0.15, -0.1) is 0 Å².